The Morgan fingerprint density at radius 3 is 2.69 bits per heavy atom. The van der Waals surface area contributed by atoms with Gasteiger partial charge in [0.25, 0.3) is 0 Å². The Morgan fingerprint density at radius 1 is 1.44 bits per heavy atom. The molecule has 1 unspecified atom stereocenters. The maximum absolute atomic E-state index is 11.3. The molecule has 0 N–H and O–H groups in total. The molecule has 3 heteroatoms. The maximum atomic E-state index is 11.3. The zero-order valence-electron chi connectivity index (χ0n) is 11.1. The average Bonchev–Trinajstić information content (AvgIpc) is 2.63. The number of methoxy groups -OCH3 is 1. The van der Waals surface area contributed by atoms with E-state index in [0.29, 0.717) is 5.41 Å². The van der Waals surface area contributed by atoms with E-state index in [9.17, 15) is 4.79 Å². The van der Waals surface area contributed by atoms with Gasteiger partial charge >= 0.3 is 5.97 Å². The minimum Gasteiger partial charge on any atom is -0.469 e. The molecule has 0 aromatic carbocycles. The maximum Gasteiger partial charge on any atom is 0.310 e. The summed E-state index contributed by atoms with van der Waals surface area (Å²) in [6, 6.07) is 0. The lowest BCUT2D eigenvalue weighted by molar-refractivity contribution is -0.144. The molecular formula is C13H25NO2. The number of hydrogen-bond donors (Lipinski definition) is 0. The van der Waals surface area contributed by atoms with E-state index in [0.717, 1.165) is 26.1 Å². The van der Waals surface area contributed by atoms with E-state index in [4.69, 9.17) is 4.74 Å². The van der Waals surface area contributed by atoms with Gasteiger partial charge in [0.15, 0.2) is 0 Å². The van der Waals surface area contributed by atoms with Crippen LogP contribution in [0.2, 0.25) is 0 Å². The van der Waals surface area contributed by atoms with Crippen molar-refractivity contribution in [2.45, 2.75) is 40.0 Å². The average molecular weight is 227 g/mol. The Labute approximate surface area is 99.1 Å². The molecule has 1 heterocycles. The molecule has 0 saturated carbocycles. The number of hydrogen-bond acceptors (Lipinski definition) is 3. The number of ether oxygens (including phenoxy) is 1. The Bertz CT molecular complexity index is 233. The van der Waals surface area contributed by atoms with Crippen LogP contribution in [0.3, 0.4) is 0 Å². The fraction of sp³-hybridized carbons (Fsp3) is 0.923. The van der Waals surface area contributed by atoms with Crippen LogP contribution in [0, 0.1) is 11.3 Å². The number of esters is 1. The molecule has 1 rings (SSSR count). The van der Waals surface area contributed by atoms with Crippen molar-refractivity contribution in [1.82, 2.24) is 4.90 Å². The van der Waals surface area contributed by atoms with Crippen LogP contribution in [0.15, 0.2) is 0 Å². The smallest absolute Gasteiger partial charge is 0.310 e. The van der Waals surface area contributed by atoms with Crippen molar-refractivity contribution in [3.8, 4) is 0 Å². The second-order valence-electron chi connectivity index (χ2n) is 5.97. The highest BCUT2D eigenvalue weighted by Gasteiger charge is 2.28. The normalized spacial score (nSPS) is 22.4. The van der Waals surface area contributed by atoms with E-state index in [2.05, 4.69) is 25.7 Å². The molecule has 16 heavy (non-hydrogen) atoms. The lowest BCUT2D eigenvalue weighted by Gasteiger charge is -2.21. The molecule has 1 atom stereocenters. The van der Waals surface area contributed by atoms with Crippen molar-refractivity contribution in [3.63, 3.8) is 0 Å². The van der Waals surface area contributed by atoms with Gasteiger partial charge in [0.1, 0.15) is 0 Å². The van der Waals surface area contributed by atoms with E-state index in [1.807, 2.05) is 0 Å². The fourth-order valence-electron chi connectivity index (χ4n) is 2.23. The van der Waals surface area contributed by atoms with Gasteiger partial charge in [0, 0.05) is 6.54 Å². The molecule has 1 saturated heterocycles. The van der Waals surface area contributed by atoms with Gasteiger partial charge in [-0.3, -0.25) is 4.79 Å². The van der Waals surface area contributed by atoms with E-state index < -0.39 is 0 Å². The van der Waals surface area contributed by atoms with Crippen LogP contribution in [0.5, 0.6) is 0 Å². The molecule has 3 nitrogen and oxygen atoms in total. The molecule has 1 aliphatic rings. The lowest BCUT2D eigenvalue weighted by Crippen LogP contribution is -2.25. The summed E-state index contributed by atoms with van der Waals surface area (Å²) >= 11 is 0. The fourth-order valence-corrected chi connectivity index (χ4v) is 2.23. The molecule has 94 valence electrons. The number of carbonyl (C=O) groups excluding carboxylic acids is 1. The molecule has 1 fully saturated rings. The highest BCUT2D eigenvalue weighted by molar-refractivity contribution is 5.72. The minimum atomic E-state index is -0.0432. The first-order valence-corrected chi connectivity index (χ1v) is 6.22. The molecular weight excluding hydrogens is 202 g/mol. The third-order valence-electron chi connectivity index (χ3n) is 3.21. The van der Waals surface area contributed by atoms with Crippen LogP contribution >= 0.6 is 0 Å². The predicted octanol–water partition coefficient (Wildman–Crippen LogP) is 2.31. The van der Waals surface area contributed by atoms with Crippen LogP contribution in [0.25, 0.3) is 0 Å². The summed E-state index contributed by atoms with van der Waals surface area (Å²) in [5, 5.41) is 0. The zero-order chi connectivity index (χ0) is 12.2. The van der Waals surface area contributed by atoms with Crippen molar-refractivity contribution in [3.05, 3.63) is 0 Å². The standard InChI is InChI=1S/C13H25NO2/c1-13(2,3)7-5-8-14-9-6-11(10-14)12(15)16-4/h11H,5-10H2,1-4H3. The van der Waals surface area contributed by atoms with Gasteiger partial charge in [-0.25, -0.2) is 0 Å². The third kappa shape index (κ3) is 4.52. The topological polar surface area (TPSA) is 29.5 Å². The van der Waals surface area contributed by atoms with Crippen molar-refractivity contribution < 1.29 is 9.53 Å². The first-order chi connectivity index (χ1) is 7.42. The number of rotatable bonds is 4. The van der Waals surface area contributed by atoms with Crippen molar-refractivity contribution in [1.29, 1.82) is 0 Å². The van der Waals surface area contributed by atoms with Crippen LogP contribution in [0.1, 0.15) is 40.0 Å². The van der Waals surface area contributed by atoms with Crippen LogP contribution in [-0.2, 0) is 9.53 Å². The van der Waals surface area contributed by atoms with Crippen LogP contribution in [0.4, 0.5) is 0 Å². The van der Waals surface area contributed by atoms with E-state index in [1.165, 1.54) is 20.0 Å². The van der Waals surface area contributed by atoms with E-state index in [-0.39, 0.29) is 11.9 Å². The van der Waals surface area contributed by atoms with Gasteiger partial charge in [-0.05, 0) is 37.8 Å². The Balaban J connectivity index is 2.19. The van der Waals surface area contributed by atoms with Gasteiger partial charge in [0.05, 0.1) is 13.0 Å². The quantitative estimate of drug-likeness (QED) is 0.690. The summed E-state index contributed by atoms with van der Waals surface area (Å²) in [5.74, 6) is 0.0676. The molecule has 0 amide bonds. The Morgan fingerprint density at radius 2 is 2.12 bits per heavy atom. The monoisotopic (exact) mass is 227 g/mol. The second-order valence-corrected chi connectivity index (χ2v) is 5.97. The molecule has 1 aliphatic heterocycles. The summed E-state index contributed by atoms with van der Waals surface area (Å²) in [5.41, 5.74) is 0.418. The first kappa shape index (κ1) is 13.5. The van der Waals surface area contributed by atoms with Crippen molar-refractivity contribution in [2.75, 3.05) is 26.7 Å². The summed E-state index contributed by atoms with van der Waals surface area (Å²) in [4.78, 5) is 13.7. The van der Waals surface area contributed by atoms with Gasteiger partial charge in [-0.15, -0.1) is 0 Å². The highest BCUT2D eigenvalue weighted by Crippen LogP contribution is 2.22. The number of nitrogens with zero attached hydrogens (tertiary/aromatic N) is 1. The SMILES string of the molecule is COC(=O)C1CCN(CCCC(C)(C)C)C1. The lowest BCUT2D eigenvalue weighted by atomic mass is 9.90. The molecule has 0 aromatic heterocycles. The second kappa shape index (κ2) is 5.67. The Hall–Kier alpha value is -0.570. The number of carbonyl (C=O) groups is 1. The van der Waals surface area contributed by atoms with Gasteiger partial charge in [-0.2, -0.15) is 0 Å². The molecule has 0 spiro atoms. The Kier molecular flexibility index (Phi) is 4.78. The van der Waals surface area contributed by atoms with E-state index >= 15 is 0 Å². The van der Waals surface area contributed by atoms with Crippen molar-refractivity contribution >= 4 is 5.97 Å². The highest BCUT2D eigenvalue weighted by atomic mass is 16.5. The van der Waals surface area contributed by atoms with Crippen molar-refractivity contribution in [2.24, 2.45) is 11.3 Å². The number of likely N-dealkylation sites (tertiary alicyclic amines) is 1. The van der Waals surface area contributed by atoms with Crippen LogP contribution in [-0.4, -0.2) is 37.6 Å². The summed E-state index contributed by atoms with van der Waals surface area (Å²) in [6.07, 6.45) is 3.42. The zero-order valence-corrected chi connectivity index (χ0v) is 11.1. The van der Waals surface area contributed by atoms with Gasteiger partial charge < -0.3 is 9.64 Å². The largest absolute Gasteiger partial charge is 0.469 e. The van der Waals surface area contributed by atoms with E-state index in [1.54, 1.807) is 0 Å². The molecule has 0 aromatic rings. The summed E-state index contributed by atoms with van der Waals surface area (Å²) in [7, 11) is 1.48. The molecule has 0 bridgehead atoms. The summed E-state index contributed by atoms with van der Waals surface area (Å²) in [6.45, 7) is 9.86. The minimum absolute atomic E-state index is 0.0432. The molecule has 0 radical (unpaired) electrons. The van der Waals surface area contributed by atoms with Crippen LogP contribution < -0.4 is 0 Å². The summed E-state index contributed by atoms with van der Waals surface area (Å²) < 4.78 is 4.78. The predicted molar refractivity (Wildman–Crippen MR) is 65.3 cm³/mol. The molecule has 0 aliphatic carbocycles. The first-order valence-electron chi connectivity index (χ1n) is 6.22. The van der Waals surface area contributed by atoms with Gasteiger partial charge in [-0.1, -0.05) is 20.8 Å². The third-order valence-corrected chi connectivity index (χ3v) is 3.21. The van der Waals surface area contributed by atoms with Gasteiger partial charge in [0.2, 0.25) is 0 Å².